The van der Waals surface area contributed by atoms with E-state index >= 15 is 4.79 Å². The maximum Gasteiger partial charge on any atom is 0.261 e. The second-order valence-corrected chi connectivity index (χ2v) is 24.3. The van der Waals surface area contributed by atoms with Gasteiger partial charge in [0, 0.05) is 13.1 Å². The number of carbonyl (C=O) groups is 2. The molecule has 0 N–H and O–H groups in total. The predicted molar refractivity (Wildman–Crippen MR) is 324 cm³/mol. The summed E-state index contributed by atoms with van der Waals surface area (Å²) in [6.07, 6.45) is 42.0. The number of amides is 2. The molecule has 0 fully saturated rings. The molecule has 1 aliphatic heterocycles. The Balaban J connectivity index is 1.63. The number of rotatable bonds is 44. The van der Waals surface area contributed by atoms with Gasteiger partial charge in [-0.3, -0.25) is 9.59 Å². The Hall–Kier alpha value is -3.62. The van der Waals surface area contributed by atoms with Gasteiger partial charge in [-0.2, -0.15) is 0 Å². The van der Waals surface area contributed by atoms with E-state index in [1.165, 1.54) is 178 Å². The van der Waals surface area contributed by atoms with Crippen LogP contribution in [0.3, 0.4) is 0 Å². The summed E-state index contributed by atoms with van der Waals surface area (Å²) >= 11 is 3.47. The monoisotopic (exact) mass is 1060 g/mol. The third-order valence-corrected chi connectivity index (χ3v) is 18.0. The number of aryl methyl sites for hydroxylation is 2. The van der Waals surface area contributed by atoms with Crippen LogP contribution < -0.4 is 0 Å². The second kappa shape index (κ2) is 36.5. The molecule has 5 rings (SSSR count). The van der Waals surface area contributed by atoms with Gasteiger partial charge in [-0.1, -0.05) is 208 Å². The van der Waals surface area contributed by atoms with E-state index in [0.29, 0.717) is 47.7 Å². The quantitative estimate of drug-likeness (QED) is 0.0251. The van der Waals surface area contributed by atoms with Gasteiger partial charge in [0.05, 0.1) is 26.7 Å². The van der Waals surface area contributed by atoms with E-state index in [1.54, 1.807) is 22.7 Å². The SMILES string of the molecule is CCCCCCCCC(CCCCCC)CN1C(=O)/C(=C(\c2ccc(-c3cc(CCCCCC)cs3)o2)N(C=O)CC(CCCCCC)CCCCCCCC)C(C)=C1c1ccc(-c2cc(CCCCCC)cs2)o1. The maximum absolute atomic E-state index is 16.0. The van der Waals surface area contributed by atoms with Crippen LogP contribution in [0.4, 0.5) is 0 Å². The molecule has 0 aromatic carbocycles. The third kappa shape index (κ3) is 20.6. The number of nitrogens with zero attached hydrogens (tertiary/aromatic N) is 2. The largest absolute Gasteiger partial charge is 0.454 e. The standard InChI is InChI=1S/C67H104N2O4S2/c1-8-14-20-26-28-34-37-54(36-30-22-16-10-3)48-68(52-70)66(61-45-43-59(73-61)63-47-57(51-75-63)41-33-25-19-13-6)64-53(7)65(60-44-42-58(72-60)62-46-56(50-74-62)40-32-24-18-12-5)69(67(64)71)49-55(38-31-23-17-11-4)39-35-29-27-21-15-9-2/h42-47,50-52,54-55H,8-41,48-49H2,1-7H3/b66-64+. The minimum absolute atomic E-state index is 0.0480. The predicted octanol–water partition coefficient (Wildman–Crippen LogP) is 21.7. The van der Waals surface area contributed by atoms with Crippen molar-refractivity contribution < 1.29 is 18.4 Å². The van der Waals surface area contributed by atoms with Crippen molar-refractivity contribution in [3.8, 4) is 21.3 Å². The fraction of sp³-hybridized carbons (Fsp3) is 0.672. The topological polar surface area (TPSA) is 66.9 Å². The molecule has 2 unspecified atom stereocenters. The molecular weight excluding hydrogens is 961 g/mol. The fourth-order valence-electron chi connectivity index (χ4n) is 11.4. The Morgan fingerprint density at radius 3 is 1.44 bits per heavy atom. The Morgan fingerprint density at radius 1 is 0.533 bits per heavy atom. The second-order valence-electron chi connectivity index (χ2n) is 22.5. The van der Waals surface area contributed by atoms with Crippen LogP contribution in [0, 0.1) is 11.8 Å². The molecule has 6 nitrogen and oxygen atoms in total. The molecule has 418 valence electrons. The van der Waals surface area contributed by atoms with Gasteiger partial charge in [-0.15, -0.1) is 22.7 Å². The van der Waals surface area contributed by atoms with Crippen molar-refractivity contribution in [2.75, 3.05) is 13.1 Å². The molecule has 0 aliphatic carbocycles. The van der Waals surface area contributed by atoms with Crippen LogP contribution in [0.15, 0.2) is 67.1 Å². The van der Waals surface area contributed by atoms with Crippen LogP contribution in [0.25, 0.3) is 32.7 Å². The number of hydrogen-bond donors (Lipinski definition) is 0. The van der Waals surface area contributed by atoms with E-state index in [1.807, 2.05) is 11.0 Å². The molecule has 8 heteroatoms. The summed E-state index contributed by atoms with van der Waals surface area (Å²) in [6.45, 7) is 16.9. The van der Waals surface area contributed by atoms with Crippen molar-refractivity contribution in [2.24, 2.45) is 11.8 Å². The highest BCUT2D eigenvalue weighted by atomic mass is 32.1. The van der Waals surface area contributed by atoms with E-state index in [2.05, 4.69) is 94.5 Å². The van der Waals surface area contributed by atoms with Gasteiger partial charge in [0.15, 0.2) is 11.5 Å². The summed E-state index contributed by atoms with van der Waals surface area (Å²) in [4.78, 5) is 36.2. The van der Waals surface area contributed by atoms with Gasteiger partial charge >= 0.3 is 0 Å². The molecule has 1 aliphatic rings. The molecule has 0 saturated carbocycles. The molecule has 0 spiro atoms. The summed E-state index contributed by atoms with van der Waals surface area (Å²) in [6, 6.07) is 12.9. The lowest BCUT2D eigenvalue weighted by Gasteiger charge is -2.28. The molecule has 75 heavy (non-hydrogen) atoms. The lowest BCUT2D eigenvalue weighted by Crippen LogP contribution is -2.33. The van der Waals surface area contributed by atoms with Crippen LogP contribution in [0.5, 0.6) is 0 Å². The van der Waals surface area contributed by atoms with Crippen LogP contribution in [0.2, 0.25) is 0 Å². The highest BCUT2D eigenvalue weighted by Crippen LogP contribution is 2.45. The Labute approximate surface area is 466 Å². The molecule has 0 saturated heterocycles. The van der Waals surface area contributed by atoms with Gasteiger partial charge in [0.25, 0.3) is 5.91 Å². The van der Waals surface area contributed by atoms with Crippen molar-refractivity contribution in [2.45, 2.75) is 267 Å². The molecule has 2 amide bonds. The molecule has 5 heterocycles. The summed E-state index contributed by atoms with van der Waals surface area (Å²) in [5.41, 5.74) is 5.57. The van der Waals surface area contributed by atoms with Crippen molar-refractivity contribution in [1.82, 2.24) is 9.80 Å². The van der Waals surface area contributed by atoms with Gasteiger partial charge in [0.1, 0.15) is 11.5 Å². The number of furan rings is 2. The van der Waals surface area contributed by atoms with Gasteiger partial charge in [0.2, 0.25) is 6.41 Å². The van der Waals surface area contributed by atoms with E-state index < -0.39 is 0 Å². The lowest BCUT2D eigenvalue weighted by atomic mass is 9.93. The zero-order chi connectivity index (χ0) is 53.5. The van der Waals surface area contributed by atoms with E-state index in [-0.39, 0.29) is 5.91 Å². The van der Waals surface area contributed by atoms with Crippen LogP contribution in [0.1, 0.15) is 277 Å². The van der Waals surface area contributed by atoms with Crippen molar-refractivity contribution in [3.63, 3.8) is 0 Å². The van der Waals surface area contributed by atoms with Crippen molar-refractivity contribution >= 4 is 46.4 Å². The molecule has 0 radical (unpaired) electrons. The van der Waals surface area contributed by atoms with E-state index in [4.69, 9.17) is 8.83 Å². The smallest absolute Gasteiger partial charge is 0.261 e. The number of thiophene rings is 2. The maximum atomic E-state index is 16.0. The summed E-state index contributed by atoms with van der Waals surface area (Å²) < 4.78 is 13.9. The Morgan fingerprint density at radius 2 is 0.947 bits per heavy atom. The highest BCUT2D eigenvalue weighted by molar-refractivity contribution is 7.13. The first kappa shape index (κ1) is 62.2. The average Bonchev–Trinajstić information content (AvgIpc) is 4.29. The molecule has 4 aromatic rings. The first-order valence-electron chi connectivity index (χ1n) is 31.2. The zero-order valence-electron chi connectivity index (χ0n) is 48.7. The summed E-state index contributed by atoms with van der Waals surface area (Å²) in [5.74, 6) is 3.54. The lowest BCUT2D eigenvalue weighted by molar-refractivity contribution is -0.123. The molecule has 4 aromatic heterocycles. The minimum atomic E-state index is -0.0480. The minimum Gasteiger partial charge on any atom is -0.454 e. The van der Waals surface area contributed by atoms with Crippen molar-refractivity contribution in [1.29, 1.82) is 0 Å². The fourth-order valence-corrected chi connectivity index (χ4v) is 13.2. The number of unbranched alkanes of at least 4 members (excludes halogenated alkanes) is 22. The summed E-state index contributed by atoms with van der Waals surface area (Å²) in [7, 11) is 0. The van der Waals surface area contributed by atoms with Gasteiger partial charge in [-0.25, -0.2) is 0 Å². The molecule has 0 bridgehead atoms. The third-order valence-electron chi connectivity index (χ3n) is 16.0. The average molecular weight is 1070 g/mol. The zero-order valence-corrected chi connectivity index (χ0v) is 50.3. The number of hydrogen-bond acceptors (Lipinski definition) is 6. The van der Waals surface area contributed by atoms with Gasteiger partial charge in [-0.05, 0) is 134 Å². The van der Waals surface area contributed by atoms with Crippen molar-refractivity contribution in [3.05, 3.63) is 81.0 Å². The Kier molecular flexibility index (Phi) is 30.3. The first-order chi connectivity index (χ1) is 36.8. The first-order valence-corrected chi connectivity index (χ1v) is 32.9. The van der Waals surface area contributed by atoms with E-state index in [9.17, 15) is 4.79 Å². The summed E-state index contributed by atoms with van der Waals surface area (Å²) in [5, 5.41) is 4.56. The highest BCUT2D eigenvalue weighted by Gasteiger charge is 2.41. The molecule has 2 atom stereocenters. The van der Waals surface area contributed by atoms with Crippen LogP contribution in [-0.4, -0.2) is 35.2 Å². The van der Waals surface area contributed by atoms with Crippen LogP contribution in [-0.2, 0) is 22.4 Å². The van der Waals surface area contributed by atoms with E-state index in [0.717, 1.165) is 90.3 Å². The molecular formula is C67H104N2O4S2. The van der Waals surface area contributed by atoms with Gasteiger partial charge < -0.3 is 18.6 Å². The normalized spacial score (nSPS) is 14.4. The van der Waals surface area contributed by atoms with Crippen LogP contribution >= 0.6 is 22.7 Å². The Bertz CT molecular complexity index is 2230. The number of carbonyl (C=O) groups excluding carboxylic acids is 2.